The Kier molecular flexibility index (Phi) is 5.85. The monoisotopic (exact) mass is 386 g/mol. The van der Waals surface area contributed by atoms with E-state index in [1.54, 1.807) is 25.1 Å². The lowest BCUT2D eigenvalue weighted by molar-refractivity contribution is 0.0690. The summed E-state index contributed by atoms with van der Waals surface area (Å²) in [6, 6.07) is 15.6. The van der Waals surface area contributed by atoms with Crippen molar-refractivity contribution in [1.29, 1.82) is 0 Å². The highest BCUT2D eigenvalue weighted by atomic mass is 32.2. The minimum atomic E-state index is -3.38. The topological polar surface area (TPSA) is 66.5 Å². The third-order valence-electron chi connectivity index (χ3n) is 5.13. The molecule has 27 heavy (non-hydrogen) atoms. The van der Waals surface area contributed by atoms with Crippen LogP contribution in [-0.2, 0) is 16.4 Å². The van der Waals surface area contributed by atoms with Gasteiger partial charge in [0.05, 0.1) is 11.9 Å². The summed E-state index contributed by atoms with van der Waals surface area (Å²) in [6.07, 6.45) is 4.13. The fraction of sp³-hybridized carbons (Fsp3) is 0.381. The fourth-order valence-electron chi connectivity index (χ4n) is 3.64. The number of likely N-dealkylation sites (tertiary alicyclic amines) is 1. The van der Waals surface area contributed by atoms with Crippen LogP contribution in [0.25, 0.3) is 0 Å². The average Bonchev–Trinajstić information content (AvgIpc) is 2.63. The van der Waals surface area contributed by atoms with Gasteiger partial charge >= 0.3 is 0 Å². The first-order valence-electron chi connectivity index (χ1n) is 9.24. The molecule has 0 unspecified atom stereocenters. The number of nitrogens with one attached hydrogen (secondary N) is 1. The maximum absolute atomic E-state index is 13.0. The molecule has 0 radical (unpaired) electrons. The largest absolute Gasteiger partial charge is 0.339 e. The molecule has 0 bridgehead atoms. The number of hydrogen-bond acceptors (Lipinski definition) is 3. The van der Waals surface area contributed by atoms with Crippen molar-refractivity contribution in [1.82, 2.24) is 4.90 Å². The molecule has 2 aromatic carbocycles. The molecule has 1 fully saturated rings. The van der Waals surface area contributed by atoms with Crippen molar-refractivity contribution in [2.75, 3.05) is 24.1 Å². The number of nitrogens with zero attached hydrogens (tertiary/aromatic N) is 1. The molecule has 1 aliphatic heterocycles. The van der Waals surface area contributed by atoms with E-state index in [9.17, 15) is 13.2 Å². The number of carbonyl (C=O) groups is 1. The Morgan fingerprint density at radius 1 is 1.07 bits per heavy atom. The van der Waals surface area contributed by atoms with Crippen molar-refractivity contribution < 1.29 is 13.2 Å². The van der Waals surface area contributed by atoms with Gasteiger partial charge in [-0.25, -0.2) is 8.42 Å². The minimum absolute atomic E-state index is 0.0252. The number of anilines is 1. The second kappa shape index (κ2) is 8.13. The van der Waals surface area contributed by atoms with Crippen molar-refractivity contribution in [3.63, 3.8) is 0 Å². The van der Waals surface area contributed by atoms with Gasteiger partial charge in [-0.3, -0.25) is 9.52 Å². The molecule has 5 nitrogen and oxygen atoms in total. The molecular weight excluding hydrogens is 360 g/mol. The van der Waals surface area contributed by atoms with Gasteiger partial charge in [0.15, 0.2) is 0 Å². The molecule has 1 amide bonds. The van der Waals surface area contributed by atoms with Crippen molar-refractivity contribution in [3.05, 3.63) is 65.2 Å². The molecule has 1 saturated heterocycles. The molecule has 0 atom stereocenters. The molecule has 0 spiro atoms. The van der Waals surface area contributed by atoms with Crippen LogP contribution in [0.1, 0.15) is 34.3 Å². The van der Waals surface area contributed by atoms with Crippen LogP contribution in [0, 0.1) is 12.8 Å². The maximum atomic E-state index is 13.0. The summed E-state index contributed by atoms with van der Waals surface area (Å²) < 4.78 is 25.5. The molecule has 6 heteroatoms. The maximum Gasteiger partial charge on any atom is 0.254 e. The van der Waals surface area contributed by atoms with Gasteiger partial charge in [0, 0.05) is 18.7 Å². The second-order valence-corrected chi connectivity index (χ2v) is 9.03. The first-order valence-corrected chi connectivity index (χ1v) is 11.1. The zero-order valence-corrected chi connectivity index (χ0v) is 16.6. The normalized spacial score (nSPS) is 15.6. The minimum Gasteiger partial charge on any atom is -0.339 e. The van der Waals surface area contributed by atoms with Gasteiger partial charge in [0.2, 0.25) is 10.0 Å². The van der Waals surface area contributed by atoms with E-state index < -0.39 is 10.0 Å². The number of carbonyl (C=O) groups excluding carboxylic acids is 1. The Balaban J connectivity index is 1.65. The van der Waals surface area contributed by atoms with Crippen molar-refractivity contribution in [2.24, 2.45) is 5.92 Å². The molecule has 0 aliphatic carbocycles. The molecule has 144 valence electrons. The molecule has 1 aliphatic rings. The highest BCUT2D eigenvalue weighted by molar-refractivity contribution is 7.92. The zero-order valence-electron chi connectivity index (χ0n) is 15.8. The predicted octanol–water partition coefficient (Wildman–Crippen LogP) is 3.46. The van der Waals surface area contributed by atoms with Crippen molar-refractivity contribution in [3.8, 4) is 0 Å². The van der Waals surface area contributed by atoms with E-state index in [4.69, 9.17) is 0 Å². The highest BCUT2D eigenvalue weighted by Gasteiger charge is 2.25. The molecule has 1 N–H and O–H groups in total. The Bertz CT molecular complexity index is 902. The Labute approximate surface area is 161 Å². The van der Waals surface area contributed by atoms with Crippen molar-refractivity contribution in [2.45, 2.75) is 26.2 Å². The molecule has 1 heterocycles. The van der Waals surface area contributed by atoms with Gasteiger partial charge in [-0.15, -0.1) is 0 Å². The molecule has 2 aromatic rings. The SMILES string of the molecule is Cc1c(NS(C)(=O)=O)cccc1C(=O)N1CCC(Cc2ccccc2)CC1. The third kappa shape index (κ3) is 5.10. The van der Waals surface area contributed by atoms with Crippen LogP contribution in [0.15, 0.2) is 48.5 Å². The Morgan fingerprint density at radius 2 is 1.74 bits per heavy atom. The first kappa shape index (κ1) is 19.4. The smallest absolute Gasteiger partial charge is 0.254 e. The number of hydrogen-bond donors (Lipinski definition) is 1. The number of amides is 1. The number of piperidine rings is 1. The summed E-state index contributed by atoms with van der Waals surface area (Å²) in [5.74, 6) is 0.568. The van der Waals surface area contributed by atoms with Crippen molar-refractivity contribution >= 4 is 21.6 Å². The summed E-state index contributed by atoms with van der Waals surface area (Å²) in [4.78, 5) is 14.8. The lowest BCUT2D eigenvalue weighted by atomic mass is 9.90. The Hall–Kier alpha value is -2.34. The molecule has 3 rings (SSSR count). The molecular formula is C21H26N2O3S. The zero-order chi connectivity index (χ0) is 19.4. The van der Waals surface area contributed by atoms with E-state index in [1.807, 2.05) is 11.0 Å². The van der Waals surface area contributed by atoms with Gasteiger partial charge in [-0.2, -0.15) is 0 Å². The van der Waals surface area contributed by atoms with Gasteiger partial charge in [-0.1, -0.05) is 36.4 Å². The second-order valence-electron chi connectivity index (χ2n) is 7.28. The van der Waals surface area contributed by atoms with Crippen LogP contribution in [-0.4, -0.2) is 38.6 Å². The van der Waals surface area contributed by atoms with E-state index in [2.05, 4.69) is 29.0 Å². The summed E-state index contributed by atoms with van der Waals surface area (Å²) in [6.45, 7) is 3.25. The van der Waals surface area contributed by atoms with Crippen LogP contribution in [0.4, 0.5) is 5.69 Å². The van der Waals surface area contributed by atoms with Crippen LogP contribution in [0.2, 0.25) is 0 Å². The molecule has 0 aromatic heterocycles. The summed E-state index contributed by atoms with van der Waals surface area (Å²) in [7, 11) is -3.38. The van der Waals surface area contributed by atoms with Gasteiger partial charge in [0.25, 0.3) is 5.91 Å². The average molecular weight is 387 g/mol. The standard InChI is InChI=1S/C21H26N2O3S/c1-16-19(9-6-10-20(16)22-27(2,25)26)21(24)23-13-11-18(12-14-23)15-17-7-4-3-5-8-17/h3-10,18,22H,11-15H2,1-2H3. The van der Waals surface area contributed by atoms with E-state index in [-0.39, 0.29) is 5.91 Å². The van der Waals surface area contributed by atoms with E-state index >= 15 is 0 Å². The highest BCUT2D eigenvalue weighted by Crippen LogP contribution is 2.25. The number of rotatable bonds is 5. The van der Waals surface area contributed by atoms with Gasteiger partial charge < -0.3 is 4.90 Å². The van der Waals surface area contributed by atoms with E-state index in [0.29, 0.717) is 22.7 Å². The lowest BCUT2D eigenvalue weighted by Gasteiger charge is -2.32. The fourth-order valence-corrected chi connectivity index (χ4v) is 4.26. The van der Waals surface area contributed by atoms with Gasteiger partial charge in [0.1, 0.15) is 0 Å². The van der Waals surface area contributed by atoms with Crippen LogP contribution < -0.4 is 4.72 Å². The van der Waals surface area contributed by atoms with Gasteiger partial charge in [-0.05, 0) is 55.4 Å². The Morgan fingerprint density at radius 3 is 2.37 bits per heavy atom. The quantitative estimate of drug-likeness (QED) is 0.856. The number of benzene rings is 2. The van der Waals surface area contributed by atoms with Crippen LogP contribution in [0.5, 0.6) is 0 Å². The van der Waals surface area contributed by atoms with E-state index in [1.165, 1.54) is 5.56 Å². The van der Waals surface area contributed by atoms with E-state index in [0.717, 1.165) is 38.6 Å². The predicted molar refractivity (Wildman–Crippen MR) is 108 cm³/mol. The first-order chi connectivity index (χ1) is 12.8. The molecule has 0 saturated carbocycles. The van der Waals surface area contributed by atoms with Crippen LogP contribution in [0.3, 0.4) is 0 Å². The number of sulfonamides is 1. The lowest BCUT2D eigenvalue weighted by Crippen LogP contribution is -2.39. The summed E-state index contributed by atoms with van der Waals surface area (Å²) >= 11 is 0. The summed E-state index contributed by atoms with van der Waals surface area (Å²) in [5.41, 5.74) is 3.03. The summed E-state index contributed by atoms with van der Waals surface area (Å²) in [5, 5.41) is 0. The third-order valence-corrected chi connectivity index (χ3v) is 5.72. The van der Waals surface area contributed by atoms with Crippen LogP contribution >= 0.6 is 0 Å².